The lowest BCUT2D eigenvalue weighted by Gasteiger charge is -2.16. The van der Waals surface area contributed by atoms with Crippen molar-refractivity contribution >= 4 is 31.0 Å². The van der Waals surface area contributed by atoms with Crippen molar-refractivity contribution in [1.82, 2.24) is 0 Å². The standard InChI is InChI=1S/C10H17Cl2O4P/c1-3-7-14-17(13,15-8-4-2)16-9-5-6-10(11)12/h3-4,10H,1-2,5-9H2. The van der Waals surface area contributed by atoms with E-state index in [2.05, 4.69) is 13.2 Å². The van der Waals surface area contributed by atoms with Crippen molar-refractivity contribution in [2.75, 3.05) is 19.8 Å². The highest BCUT2D eigenvalue weighted by Gasteiger charge is 2.25. The van der Waals surface area contributed by atoms with Gasteiger partial charge in [0.05, 0.1) is 19.8 Å². The number of hydrogen-bond donors (Lipinski definition) is 0. The number of alkyl halides is 2. The molecule has 0 N–H and O–H groups in total. The van der Waals surface area contributed by atoms with Crippen LogP contribution in [0.5, 0.6) is 0 Å². The molecule has 0 aliphatic heterocycles. The number of rotatable bonds is 11. The number of phosphoric ester groups is 1. The van der Waals surface area contributed by atoms with Gasteiger partial charge in [-0.2, -0.15) is 0 Å². The van der Waals surface area contributed by atoms with Crippen LogP contribution in [0.4, 0.5) is 0 Å². The largest absolute Gasteiger partial charge is 0.475 e. The van der Waals surface area contributed by atoms with E-state index in [9.17, 15) is 4.57 Å². The zero-order chi connectivity index (χ0) is 13.1. The van der Waals surface area contributed by atoms with E-state index in [1.54, 1.807) is 0 Å². The van der Waals surface area contributed by atoms with Crippen molar-refractivity contribution in [2.45, 2.75) is 17.7 Å². The normalized spacial score (nSPS) is 11.7. The third-order valence-electron chi connectivity index (χ3n) is 1.52. The van der Waals surface area contributed by atoms with Gasteiger partial charge in [-0.1, -0.05) is 12.2 Å². The molecule has 0 atom stereocenters. The van der Waals surface area contributed by atoms with Crippen LogP contribution >= 0.6 is 31.0 Å². The average Bonchev–Trinajstić information content (AvgIpc) is 2.30. The van der Waals surface area contributed by atoms with E-state index in [4.69, 9.17) is 36.8 Å². The maximum Gasteiger partial charge on any atom is 0.475 e. The van der Waals surface area contributed by atoms with Crippen LogP contribution in [0.3, 0.4) is 0 Å². The van der Waals surface area contributed by atoms with E-state index in [1.807, 2.05) is 0 Å². The highest BCUT2D eigenvalue weighted by atomic mass is 35.5. The van der Waals surface area contributed by atoms with Crippen molar-refractivity contribution < 1.29 is 18.1 Å². The molecule has 0 spiro atoms. The maximum absolute atomic E-state index is 11.9. The minimum Gasteiger partial charge on any atom is -0.287 e. The predicted molar refractivity (Wildman–Crippen MR) is 70.6 cm³/mol. The second kappa shape index (κ2) is 10.1. The van der Waals surface area contributed by atoms with Gasteiger partial charge in [0.2, 0.25) is 0 Å². The number of hydrogen-bond acceptors (Lipinski definition) is 4. The summed E-state index contributed by atoms with van der Waals surface area (Å²) in [6.45, 7) is 7.27. The Bertz CT molecular complexity index is 255. The van der Waals surface area contributed by atoms with Crippen LogP contribution in [-0.4, -0.2) is 24.7 Å². The van der Waals surface area contributed by atoms with E-state index in [0.717, 1.165) is 0 Å². The SMILES string of the molecule is C=CCOP(=O)(OCC=C)OCCCC(Cl)Cl. The van der Waals surface area contributed by atoms with Gasteiger partial charge in [-0.3, -0.25) is 13.6 Å². The molecule has 0 aromatic rings. The molecular weight excluding hydrogens is 286 g/mol. The minimum absolute atomic E-state index is 0.0854. The number of halogens is 2. The Labute approximate surface area is 112 Å². The Kier molecular flexibility index (Phi) is 10.2. The van der Waals surface area contributed by atoms with Gasteiger partial charge < -0.3 is 0 Å². The van der Waals surface area contributed by atoms with Crippen LogP contribution in [0.1, 0.15) is 12.8 Å². The first kappa shape index (κ1) is 17.2. The Morgan fingerprint density at radius 2 is 1.65 bits per heavy atom. The summed E-state index contributed by atoms with van der Waals surface area (Å²) in [5, 5.41) is 0. The quantitative estimate of drug-likeness (QED) is 0.249. The lowest BCUT2D eigenvalue weighted by atomic mass is 10.4. The minimum atomic E-state index is -3.54. The summed E-state index contributed by atoms with van der Waals surface area (Å²) in [6.07, 6.45) is 4.03. The average molecular weight is 303 g/mol. The van der Waals surface area contributed by atoms with E-state index in [0.29, 0.717) is 12.8 Å². The molecule has 0 radical (unpaired) electrons. The fourth-order valence-electron chi connectivity index (χ4n) is 0.814. The molecule has 0 bridgehead atoms. The highest BCUT2D eigenvalue weighted by Crippen LogP contribution is 2.49. The summed E-state index contributed by atoms with van der Waals surface area (Å²) >= 11 is 11.1. The summed E-state index contributed by atoms with van der Waals surface area (Å²) in [5.41, 5.74) is 0. The van der Waals surface area contributed by atoms with Crippen LogP contribution in [0.2, 0.25) is 0 Å². The molecule has 4 nitrogen and oxygen atoms in total. The molecule has 0 aromatic carbocycles. The van der Waals surface area contributed by atoms with Gasteiger partial charge >= 0.3 is 7.82 Å². The van der Waals surface area contributed by atoms with Gasteiger partial charge in [-0.25, -0.2) is 4.57 Å². The van der Waals surface area contributed by atoms with Crippen LogP contribution < -0.4 is 0 Å². The van der Waals surface area contributed by atoms with Crippen molar-refractivity contribution in [3.63, 3.8) is 0 Å². The van der Waals surface area contributed by atoms with E-state index in [1.165, 1.54) is 12.2 Å². The molecule has 0 amide bonds. The zero-order valence-corrected chi connectivity index (χ0v) is 11.9. The predicted octanol–water partition coefficient (Wildman–Crippen LogP) is 4.10. The van der Waals surface area contributed by atoms with Crippen LogP contribution in [-0.2, 0) is 18.1 Å². The van der Waals surface area contributed by atoms with E-state index in [-0.39, 0.29) is 19.8 Å². The Hall–Kier alpha value is 0.170. The van der Waals surface area contributed by atoms with Gasteiger partial charge in [0.1, 0.15) is 4.84 Å². The topological polar surface area (TPSA) is 44.8 Å². The first-order valence-electron chi connectivity index (χ1n) is 5.07. The van der Waals surface area contributed by atoms with Gasteiger partial charge in [-0.05, 0) is 12.8 Å². The molecule has 0 unspecified atom stereocenters. The summed E-state index contributed by atoms with van der Waals surface area (Å²) in [4.78, 5) is -0.457. The van der Waals surface area contributed by atoms with Crippen molar-refractivity contribution in [3.8, 4) is 0 Å². The molecule has 7 heteroatoms. The highest BCUT2D eigenvalue weighted by molar-refractivity contribution is 7.48. The van der Waals surface area contributed by atoms with Crippen molar-refractivity contribution in [1.29, 1.82) is 0 Å². The van der Waals surface area contributed by atoms with Gasteiger partial charge in [0, 0.05) is 0 Å². The molecular formula is C10H17Cl2O4P. The lowest BCUT2D eigenvalue weighted by molar-refractivity contribution is 0.129. The second-order valence-electron chi connectivity index (χ2n) is 2.98. The molecule has 0 rings (SSSR count). The zero-order valence-electron chi connectivity index (χ0n) is 9.52. The third-order valence-corrected chi connectivity index (χ3v) is 3.38. The van der Waals surface area contributed by atoms with Crippen molar-refractivity contribution in [3.05, 3.63) is 25.3 Å². The summed E-state index contributed by atoms with van der Waals surface area (Å²) in [5.74, 6) is 0. The fourth-order valence-corrected chi connectivity index (χ4v) is 2.27. The maximum atomic E-state index is 11.9. The van der Waals surface area contributed by atoms with Crippen LogP contribution in [0.15, 0.2) is 25.3 Å². The fraction of sp³-hybridized carbons (Fsp3) is 0.600. The van der Waals surface area contributed by atoms with Gasteiger partial charge in [0.15, 0.2) is 0 Å². The molecule has 0 heterocycles. The molecule has 0 aliphatic carbocycles. The molecule has 17 heavy (non-hydrogen) atoms. The smallest absolute Gasteiger partial charge is 0.287 e. The molecule has 100 valence electrons. The summed E-state index contributed by atoms with van der Waals surface area (Å²) in [7, 11) is -3.54. The van der Waals surface area contributed by atoms with Crippen LogP contribution in [0, 0.1) is 0 Å². The van der Waals surface area contributed by atoms with Gasteiger partial charge in [0.25, 0.3) is 0 Å². The summed E-state index contributed by atoms with van der Waals surface area (Å²) < 4.78 is 27.0. The van der Waals surface area contributed by atoms with E-state index < -0.39 is 12.7 Å². The van der Waals surface area contributed by atoms with Crippen molar-refractivity contribution in [2.24, 2.45) is 0 Å². The Morgan fingerprint density at radius 3 is 2.06 bits per heavy atom. The second-order valence-corrected chi connectivity index (χ2v) is 5.93. The Morgan fingerprint density at radius 1 is 1.12 bits per heavy atom. The number of phosphoric acid groups is 1. The van der Waals surface area contributed by atoms with E-state index >= 15 is 0 Å². The molecule has 0 saturated carbocycles. The molecule has 0 fully saturated rings. The monoisotopic (exact) mass is 302 g/mol. The summed E-state index contributed by atoms with van der Waals surface area (Å²) in [6, 6.07) is 0. The first-order valence-corrected chi connectivity index (χ1v) is 7.41. The molecule has 0 aliphatic rings. The lowest BCUT2D eigenvalue weighted by Crippen LogP contribution is -2.03. The first-order chi connectivity index (χ1) is 8.04. The molecule has 0 saturated heterocycles. The molecule has 0 aromatic heterocycles. The van der Waals surface area contributed by atoms with Crippen LogP contribution in [0.25, 0.3) is 0 Å². The van der Waals surface area contributed by atoms with Gasteiger partial charge in [-0.15, -0.1) is 36.4 Å². The Balaban J connectivity index is 4.03. The third kappa shape index (κ3) is 9.83.